The van der Waals surface area contributed by atoms with Gasteiger partial charge in [-0.1, -0.05) is 13.3 Å². The molecule has 1 atom stereocenters. The van der Waals surface area contributed by atoms with Crippen molar-refractivity contribution in [2.45, 2.75) is 25.1 Å². The van der Waals surface area contributed by atoms with Crippen LogP contribution in [0.4, 0.5) is 0 Å². The molecule has 1 aliphatic heterocycles. The molecule has 3 rings (SSSR count). The van der Waals surface area contributed by atoms with Gasteiger partial charge in [-0.3, -0.25) is 9.36 Å². The second-order valence-electron chi connectivity index (χ2n) is 5.33. The maximum Gasteiger partial charge on any atom is 0.326 e. The molecule has 0 radical (unpaired) electrons. The van der Waals surface area contributed by atoms with Crippen molar-refractivity contribution in [3.05, 3.63) is 34.2 Å². The Morgan fingerprint density at radius 3 is 3.05 bits per heavy atom. The number of H-pyrrole nitrogens is 1. The van der Waals surface area contributed by atoms with Gasteiger partial charge in [0.15, 0.2) is 0 Å². The summed E-state index contributed by atoms with van der Waals surface area (Å²) in [5.41, 5.74) is 2.02. The number of aryl methyl sites for hydroxylation is 1. The molecule has 1 aromatic carbocycles. The third-order valence-corrected chi connectivity index (χ3v) is 5.23. The van der Waals surface area contributed by atoms with Crippen LogP contribution in [-0.2, 0) is 7.05 Å². The number of thioether (sulfide) groups is 1. The minimum atomic E-state index is -0.157. The predicted octanol–water partition coefficient (Wildman–Crippen LogP) is 2.18. The highest BCUT2D eigenvalue weighted by atomic mass is 32.2. The van der Waals surface area contributed by atoms with Gasteiger partial charge in [-0.15, -0.1) is 11.8 Å². The highest BCUT2D eigenvalue weighted by molar-refractivity contribution is 8.00. The van der Waals surface area contributed by atoms with Gasteiger partial charge in [0.2, 0.25) is 0 Å². The number of amides is 1. The van der Waals surface area contributed by atoms with Gasteiger partial charge in [0.25, 0.3) is 5.91 Å². The number of aromatic amines is 1. The van der Waals surface area contributed by atoms with E-state index < -0.39 is 0 Å². The van der Waals surface area contributed by atoms with Gasteiger partial charge in [-0.05, 0) is 24.6 Å². The summed E-state index contributed by atoms with van der Waals surface area (Å²) in [4.78, 5) is 29.0. The van der Waals surface area contributed by atoms with E-state index in [-0.39, 0.29) is 17.0 Å². The molecule has 0 saturated carbocycles. The number of carbonyl (C=O) groups is 1. The number of fused-ring (bicyclic) bond motifs is 1. The van der Waals surface area contributed by atoms with E-state index in [2.05, 4.69) is 11.9 Å². The zero-order valence-corrected chi connectivity index (χ0v) is 13.1. The van der Waals surface area contributed by atoms with Crippen molar-refractivity contribution >= 4 is 28.7 Å². The Balaban J connectivity index is 1.92. The summed E-state index contributed by atoms with van der Waals surface area (Å²) in [5, 5.41) is 0.285. The number of imidazole rings is 1. The number of benzene rings is 1. The normalized spacial score (nSPS) is 18.6. The highest BCUT2D eigenvalue weighted by Gasteiger charge is 2.29. The Labute approximate surface area is 127 Å². The topological polar surface area (TPSA) is 58.1 Å². The lowest BCUT2D eigenvalue weighted by molar-refractivity contribution is 0.0756. The molecule has 0 bridgehead atoms. The number of rotatable bonds is 3. The first-order valence-corrected chi connectivity index (χ1v) is 8.28. The largest absolute Gasteiger partial charge is 0.326 e. The van der Waals surface area contributed by atoms with Crippen molar-refractivity contribution in [3.63, 3.8) is 0 Å². The lowest BCUT2D eigenvalue weighted by Crippen LogP contribution is -2.34. The Hall–Kier alpha value is -1.69. The van der Waals surface area contributed by atoms with Crippen LogP contribution in [0.5, 0.6) is 0 Å². The van der Waals surface area contributed by atoms with E-state index in [4.69, 9.17) is 0 Å². The Bertz CT molecular complexity index is 734. The molecule has 6 heteroatoms. The number of hydrogen-bond acceptors (Lipinski definition) is 3. The van der Waals surface area contributed by atoms with Crippen molar-refractivity contribution in [3.8, 4) is 0 Å². The zero-order chi connectivity index (χ0) is 15.0. The fourth-order valence-corrected chi connectivity index (χ4v) is 4.13. The zero-order valence-electron chi connectivity index (χ0n) is 12.3. The van der Waals surface area contributed by atoms with Crippen LogP contribution in [0.2, 0.25) is 0 Å². The van der Waals surface area contributed by atoms with Crippen molar-refractivity contribution in [1.29, 1.82) is 0 Å². The molecule has 1 N–H and O–H groups in total. The predicted molar refractivity (Wildman–Crippen MR) is 85.7 cm³/mol. The Morgan fingerprint density at radius 1 is 1.48 bits per heavy atom. The summed E-state index contributed by atoms with van der Waals surface area (Å²) in [6.45, 7) is 2.94. The van der Waals surface area contributed by atoms with Crippen LogP contribution in [-0.4, -0.2) is 38.0 Å². The number of carbonyl (C=O) groups excluding carboxylic acids is 1. The first-order chi connectivity index (χ1) is 10.1. The van der Waals surface area contributed by atoms with Gasteiger partial charge in [-0.2, -0.15) is 0 Å². The van der Waals surface area contributed by atoms with Gasteiger partial charge in [0.1, 0.15) is 0 Å². The summed E-state index contributed by atoms with van der Waals surface area (Å²) in [6.07, 6.45) is 2.10. The van der Waals surface area contributed by atoms with E-state index in [1.807, 2.05) is 28.8 Å². The van der Waals surface area contributed by atoms with Crippen LogP contribution >= 0.6 is 11.8 Å². The molecule has 21 heavy (non-hydrogen) atoms. The first kappa shape index (κ1) is 14.3. The number of hydrogen-bond donors (Lipinski definition) is 1. The maximum atomic E-state index is 12.7. The molecule has 1 saturated heterocycles. The summed E-state index contributed by atoms with van der Waals surface area (Å²) in [5.74, 6) is 1.06. The summed E-state index contributed by atoms with van der Waals surface area (Å²) in [6, 6.07) is 5.42. The van der Waals surface area contributed by atoms with Crippen molar-refractivity contribution in [2.75, 3.05) is 12.3 Å². The maximum absolute atomic E-state index is 12.7. The molecule has 0 unspecified atom stereocenters. The van der Waals surface area contributed by atoms with Gasteiger partial charge in [0.05, 0.1) is 16.4 Å². The van der Waals surface area contributed by atoms with Crippen LogP contribution in [0.3, 0.4) is 0 Å². The molecule has 0 spiro atoms. The first-order valence-electron chi connectivity index (χ1n) is 7.23. The quantitative estimate of drug-likeness (QED) is 0.945. The second-order valence-corrected chi connectivity index (χ2v) is 6.62. The summed E-state index contributed by atoms with van der Waals surface area (Å²) in [7, 11) is 1.72. The van der Waals surface area contributed by atoms with Crippen molar-refractivity contribution in [2.24, 2.45) is 7.05 Å². The molecule has 1 fully saturated rings. The van der Waals surface area contributed by atoms with E-state index in [9.17, 15) is 9.59 Å². The second kappa shape index (κ2) is 5.60. The fraction of sp³-hybridized carbons (Fsp3) is 0.467. The SMILES string of the molecule is CCC[C@@H]1SCCN1C(=O)c1ccc2c(c1)[nH]c(=O)n2C. The number of aromatic nitrogens is 2. The molecule has 112 valence electrons. The third kappa shape index (κ3) is 2.48. The van der Waals surface area contributed by atoms with E-state index >= 15 is 0 Å². The minimum absolute atomic E-state index is 0.0602. The lowest BCUT2D eigenvalue weighted by Gasteiger charge is -2.23. The van der Waals surface area contributed by atoms with Crippen LogP contribution < -0.4 is 5.69 Å². The molecular formula is C15H19N3O2S. The van der Waals surface area contributed by atoms with E-state index in [0.29, 0.717) is 11.1 Å². The Morgan fingerprint density at radius 2 is 2.29 bits per heavy atom. The molecule has 2 heterocycles. The molecule has 1 aliphatic rings. The number of nitrogens with one attached hydrogen (secondary N) is 1. The highest BCUT2D eigenvalue weighted by Crippen LogP contribution is 2.29. The van der Waals surface area contributed by atoms with Crippen LogP contribution in [0.25, 0.3) is 11.0 Å². The van der Waals surface area contributed by atoms with E-state index in [1.165, 1.54) is 0 Å². The monoisotopic (exact) mass is 305 g/mol. The standard InChI is InChI=1S/C15H19N3O2S/c1-3-4-13-18(7-8-21-13)14(19)10-5-6-12-11(9-10)16-15(20)17(12)2/h5-6,9,13H,3-4,7-8H2,1-2H3,(H,16,20)/t13-/m0/s1. The molecule has 2 aromatic rings. The summed E-state index contributed by atoms with van der Waals surface area (Å²) >= 11 is 1.85. The molecule has 1 aromatic heterocycles. The third-order valence-electron chi connectivity index (χ3n) is 3.94. The Kier molecular flexibility index (Phi) is 3.80. The molecule has 0 aliphatic carbocycles. The van der Waals surface area contributed by atoms with Crippen molar-refractivity contribution < 1.29 is 4.79 Å². The van der Waals surface area contributed by atoms with Crippen LogP contribution in [0, 0.1) is 0 Å². The average molecular weight is 305 g/mol. The lowest BCUT2D eigenvalue weighted by atomic mass is 10.1. The van der Waals surface area contributed by atoms with E-state index in [1.54, 1.807) is 17.7 Å². The number of nitrogens with zero attached hydrogens (tertiary/aromatic N) is 2. The molecular weight excluding hydrogens is 286 g/mol. The minimum Gasteiger partial charge on any atom is -0.326 e. The van der Waals surface area contributed by atoms with Crippen molar-refractivity contribution in [1.82, 2.24) is 14.5 Å². The molecule has 1 amide bonds. The smallest absolute Gasteiger partial charge is 0.326 e. The van der Waals surface area contributed by atoms with Gasteiger partial charge in [-0.25, -0.2) is 4.79 Å². The molecule has 5 nitrogen and oxygen atoms in total. The summed E-state index contributed by atoms with van der Waals surface area (Å²) < 4.78 is 1.55. The fourth-order valence-electron chi connectivity index (χ4n) is 2.78. The average Bonchev–Trinajstić information content (AvgIpc) is 3.04. The van der Waals surface area contributed by atoms with E-state index in [0.717, 1.165) is 30.7 Å². The van der Waals surface area contributed by atoms with Crippen LogP contribution in [0.15, 0.2) is 23.0 Å². The van der Waals surface area contributed by atoms with Gasteiger partial charge < -0.3 is 9.88 Å². The van der Waals surface area contributed by atoms with Crippen LogP contribution in [0.1, 0.15) is 30.1 Å². The van der Waals surface area contributed by atoms with Gasteiger partial charge in [0, 0.05) is 24.9 Å². The van der Waals surface area contributed by atoms with Gasteiger partial charge >= 0.3 is 5.69 Å².